The number of fused-ring (bicyclic) bond motifs is 4. The fraction of sp³-hybridized carbons (Fsp3) is 0.310. The predicted molar refractivity (Wildman–Crippen MR) is 139 cm³/mol. The van der Waals surface area contributed by atoms with E-state index in [1.165, 1.54) is 27.8 Å². The molecule has 0 amide bonds. The van der Waals surface area contributed by atoms with Crippen molar-refractivity contribution in [1.82, 2.24) is 9.88 Å². The number of hydrogen-bond donors (Lipinski definition) is 2. The fourth-order valence-electron chi connectivity index (χ4n) is 6.30. The van der Waals surface area contributed by atoms with E-state index in [1.807, 2.05) is 6.07 Å². The van der Waals surface area contributed by atoms with E-state index >= 15 is 0 Å². The summed E-state index contributed by atoms with van der Waals surface area (Å²) in [5.74, 6) is 0.840. The molecule has 34 heavy (non-hydrogen) atoms. The molecular formula is C29H29BrN2O2. The van der Waals surface area contributed by atoms with Gasteiger partial charge in [-0.15, -0.1) is 0 Å². The van der Waals surface area contributed by atoms with Crippen molar-refractivity contribution < 1.29 is 9.84 Å². The Morgan fingerprint density at radius 2 is 1.88 bits per heavy atom. The Morgan fingerprint density at radius 3 is 2.71 bits per heavy atom. The molecule has 2 atom stereocenters. The van der Waals surface area contributed by atoms with Crippen molar-refractivity contribution >= 4 is 26.8 Å². The maximum atomic E-state index is 12.6. The molecule has 5 heteroatoms. The summed E-state index contributed by atoms with van der Waals surface area (Å²) in [5, 5.41) is 13.8. The number of benzene rings is 3. The summed E-state index contributed by atoms with van der Waals surface area (Å²) < 4.78 is 6.64. The first-order valence-corrected chi connectivity index (χ1v) is 12.7. The van der Waals surface area contributed by atoms with Crippen LogP contribution in [0.25, 0.3) is 10.9 Å². The highest BCUT2D eigenvalue weighted by atomic mass is 79.9. The summed E-state index contributed by atoms with van der Waals surface area (Å²) >= 11 is 3.61. The first-order chi connectivity index (χ1) is 16.5. The van der Waals surface area contributed by atoms with Gasteiger partial charge in [-0.05, 0) is 53.9 Å². The van der Waals surface area contributed by atoms with Crippen LogP contribution in [-0.4, -0.2) is 40.8 Å². The van der Waals surface area contributed by atoms with Crippen LogP contribution in [0.5, 0.6) is 5.75 Å². The topological polar surface area (TPSA) is 48.5 Å². The van der Waals surface area contributed by atoms with Gasteiger partial charge in [-0.2, -0.15) is 0 Å². The van der Waals surface area contributed by atoms with Gasteiger partial charge in [-0.3, -0.25) is 4.90 Å². The second-order valence-corrected chi connectivity index (χ2v) is 10.8. The summed E-state index contributed by atoms with van der Waals surface area (Å²) in [6.45, 7) is 2.43. The quantitative estimate of drug-likeness (QED) is 0.370. The zero-order valence-corrected chi connectivity index (χ0v) is 20.9. The third-order valence-electron chi connectivity index (χ3n) is 8.01. The number of likely N-dealkylation sites (tertiary alicyclic amines) is 1. The van der Waals surface area contributed by atoms with Gasteiger partial charge < -0.3 is 14.8 Å². The number of hydrogen-bond acceptors (Lipinski definition) is 3. The number of piperidine rings is 1. The van der Waals surface area contributed by atoms with Gasteiger partial charge in [0.05, 0.1) is 12.7 Å². The lowest BCUT2D eigenvalue weighted by molar-refractivity contribution is -0.105. The van der Waals surface area contributed by atoms with E-state index in [1.54, 1.807) is 7.11 Å². The Labute approximate surface area is 208 Å². The second-order valence-electron chi connectivity index (χ2n) is 9.92. The number of methoxy groups -OCH3 is 1. The number of β-amino-alcohol motifs (C(OH)–C–C–N with tert-alkyl or cyclic N) is 1. The van der Waals surface area contributed by atoms with Crippen molar-refractivity contribution in [2.45, 2.75) is 36.8 Å². The number of aromatic amines is 1. The zero-order valence-electron chi connectivity index (χ0n) is 19.4. The highest BCUT2D eigenvalue weighted by molar-refractivity contribution is 9.10. The number of aromatic nitrogens is 1. The average Bonchev–Trinajstić information content (AvgIpc) is 3.18. The van der Waals surface area contributed by atoms with Crippen LogP contribution < -0.4 is 4.74 Å². The van der Waals surface area contributed by atoms with E-state index in [4.69, 9.17) is 4.74 Å². The molecule has 2 N–H and O–H groups in total. The minimum atomic E-state index is -0.887. The molecule has 1 aromatic heterocycles. The summed E-state index contributed by atoms with van der Waals surface area (Å²) in [6.07, 6.45) is 2.31. The highest BCUT2D eigenvalue weighted by Crippen LogP contribution is 2.52. The molecule has 0 bridgehead atoms. The first kappa shape index (κ1) is 21.9. The van der Waals surface area contributed by atoms with Gasteiger partial charge in [0.2, 0.25) is 0 Å². The third kappa shape index (κ3) is 3.49. The van der Waals surface area contributed by atoms with Crippen molar-refractivity contribution in [2.75, 3.05) is 20.2 Å². The molecule has 4 nitrogen and oxygen atoms in total. The van der Waals surface area contributed by atoms with Crippen LogP contribution in [0.1, 0.15) is 28.8 Å². The van der Waals surface area contributed by atoms with Crippen molar-refractivity contribution in [3.63, 3.8) is 0 Å². The van der Waals surface area contributed by atoms with Crippen LogP contribution >= 0.6 is 15.9 Å². The summed E-state index contributed by atoms with van der Waals surface area (Å²) in [4.78, 5) is 6.12. The first-order valence-electron chi connectivity index (χ1n) is 11.9. The monoisotopic (exact) mass is 516 g/mol. The zero-order chi connectivity index (χ0) is 23.3. The van der Waals surface area contributed by atoms with Crippen LogP contribution in [-0.2, 0) is 24.8 Å². The number of H-pyrrole nitrogens is 1. The Morgan fingerprint density at radius 1 is 1.03 bits per heavy atom. The summed E-state index contributed by atoms with van der Waals surface area (Å²) in [5.41, 5.74) is 4.82. The Balaban J connectivity index is 1.46. The van der Waals surface area contributed by atoms with E-state index in [2.05, 4.69) is 92.5 Å². The number of nitrogens with one attached hydrogen (secondary N) is 1. The number of aliphatic hydroxyl groups is 1. The normalized spacial score (nSPS) is 24.6. The average molecular weight is 517 g/mol. The van der Waals surface area contributed by atoms with Gasteiger partial charge in [0.25, 0.3) is 0 Å². The molecule has 3 aromatic carbocycles. The van der Waals surface area contributed by atoms with Crippen LogP contribution in [0.15, 0.2) is 77.3 Å². The summed E-state index contributed by atoms with van der Waals surface area (Å²) in [6, 6.07) is 25.3. The summed E-state index contributed by atoms with van der Waals surface area (Å²) in [7, 11) is 1.71. The number of ether oxygens (including phenoxy) is 1. The molecule has 1 fully saturated rings. The molecule has 0 spiro atoms. The molecule has 0 radical (unpaired) electrons. The molecule has 2 aliphatic rings. The van der Waals surface area contributed by atoms with E-state index in [0.29, 0.717) is 13.0 Å². The van der Waals surface area contributed by atoms with Crippen molar-refractivity contribution in [1.29, 1.82) is 0 Å². The molecule has 1 saturated heterocycles. The molecule has 1 aliphatic heterocycles. The van der Waals surface area contributed by atoms with Crippen LogP contribution in [0.4, 0.5) is 0 Å². The van der Waals surface area contributed by atoms with Gasteiger partial charge in [0.15, 0.2) is 0 Å². The SMILES string of the molecule is COc1cccc(C23CCN(Cc4ccccc4)CC2(O)Cc2c([nH]c4cc(Br)ccc24)C3)c1. The van der Waals surface area contributed by atoms with E-state index < -0.39 is 5.60 Å². The lowest BCUT2D eigenvalue weighted by atomic mass is 9.56. The van der Waals surface area contributed by atoms with Gasteiger partial charge >= 0.3 is 0 Å². The smallest absolute Gasteiger partial charge is 0.119 e. The fourth-order valence-corrected chi connectivity index (χ4v) is 6.66. The van der Waals surface area contributed by atoms with Crippen LogP contribution in [0, 0.1) is 0 Å². The van der Waals surface area contributed by atoms with Crippen molar-refractivity contribution in [3.8, 4) is 5.75 Å². The van der Waals surface area contributed by atoms with E-state index in [-0.39, 0.29) is 5.41 Å². The lowest BCUT2D eigenvalue weighted by Gasteiger charge is -2.56. The standard InChI is InChI=1S/C29H29BrN2O2/c1-34-23-9-5-8-21(14-23)28-12-13-32(18-20-6-3-2-4-7-20)19-29(28,33)16-25-24-11-10-22(30)15-26(24)31-27(25)17-28/h2-11,14-15,31,33H,12-13,16-19H2,1H3. The van der Waals surface area contributed by atoms with Gasteiger partial charge in [-0.1, -0.05) is 64.5 Å². The molecule has 2 heterocycles. The lowest BCUT2D eigenvalue weighted by Crippen LogP contribution is -2.66. The van der Waals surface area contributed by atoms with Gasteiger partial charge in [-0.25, -0.2) is 0 Å². The van der Waals surface area contributed by atoms with Crippen LogP contribution in [0.3, 0.4) is 0 Å². The minimum Gasteiger partial charge on any atom is -0.497 e. The number of halogens is 1. The largest absolute Gasteiger partial charge is 0.497 e. The molecular weight excluding hydrogens is 488 g/mol. The Kier molecular flexibility index (Phi) is 5.32. The molecule has 174 valence electrons. The Hall–Kier alpha value is -2.60. The molecule has 0 saturated carbocycles. The van der Waals surface area contributed by atoms with Gasteiger partial charge in [0, 0.05) is 52.4 Å². The van der Waals surface area contributed by atoms with Crippen molar-refractivity contribution in [3.05, 3.63) is 99.7 Å². The maximum Gasteiger partial charge on any atom is 0.119 e. The maximum absolute atomic E-state index is 12.6. The highest BCUT2D eigenvalue weighted by Gasteiger charge is 2.57. The van der Waals surface area contributed by atoms with Gasteiger partial charge in [0.1, 0.15) is 5.75 Å². The number of rotatable bonds is 4. The van der Waals surface area contributed by atoms with Crippen LogP contribution in [0.2, 0.25) is 0 Å². The molecule has 1 aliphatic carbocycles. The number of nitrogens with zero attached hydrogens (tertiary/aromatic N) is 1. The molecule has 4 aromatic rings. The predicted octanol–water partition coefficient (Wildman–Crippen LogP) is 5.61. The third-order valence-corrected chi connectivity index (χ3v) is 8.50. The van der Waals surface area contributed by atoms with E-state index in [9.17, 15) is 5.11 Å². The molecule has 6 rings (SSSR count). The second kappa shape index (κ2) is 8.26. The Bertz CT molecular complexity index is 1350. The molecule has 2 unspecified atom stereocenters. The minimum absolute atomic E-state index is 0.375. The van der Waals surface area contributed by atoms with Crippen molar-refractivity contribution in [2.24, 2.45) is 0 Å². The van der Waals surface area contributed by atoms with E-state index in [0.717, 1.165) is 41.7 Å².